The number of amides is 1. The van der Waals surface area contributed by atoms with Gasteiger partial charge in [0.2, 0.25) is 0 Å². The maximum absolute atomic E-state index is 11.9. The Bertz CT molecular complexity index is 637. The summed E-state index contributed by atoms with van der Waals surface area (Å²) in [6.07, 6.45) is 4.65. The predicted molar refractivity (Wildman–Crippen MR) is 87.5 cm³/mol. The van der Waals surface area contributed by atoms with Gasteiger partial charge in [-0.1, -0.05) is 72.8 Å². The van der Waals surface area contributed by atoms with Gasteiger partial charge in [0.25, 0.3) is 0 Å². The molecule has 0 spiro atoms. The fourth-order valence-corrected chi connectivity index (χ4v) is 2.63. The van der Waals surface area contributed by atoms with Crippen LogP contribution in [0.5, 0.6) is 0 Å². The summed E-state index contributed by atoms with van der Waals surface area (Å²) < 4.78 is 5.21. The first kappa shape index (κ1) is 14.4. The molecule has 0 bridgehead atoms. The molecular weight excluding hydrogens is 274 g/mol. The molecule has 0 unspecified atom stereocenters. The number of benzene rings is 2. The molecule has 1 heterocycles. The quantitative estimate of drug-likeness (QED) is 0.840. The third-order valence-corrected chi connectivity index (χ3v) is 3.80. The molecule has 1 aliphatic heterocycles. The molecule has 3 rings (SSSR count). The maximum Gasteiger partial charge on any atom is 0.410 e. The smallest absolute Gasteiger partial charge is 0.410 e. The molecule has 0 radical (unpaired) electrons. The van der Waals surface area contributed by atoms with E-state index in [1.807, 2.05) is 60.7 Å². The van der Waals surface area contributed by atoms with Crippen LogP contribution in [0.3, 0.4) is 0 Å². The summed E-state index contributed by atoms with van der Waals surface area (Å²) in [5.41, 5.74) is 2.36. The van der Waals surface area contributed by atoms with Gasteiger partial charge in [0.05, 0.1) is 6.04 Å². The summed E-state index contributed by atoms with van der Waals surface area (Å²) in [4.78, 5) is 13.7. The number of hydrogen-bond acceptors (Lipinski definition) is 2. The van der Waals surface area contributed by atoms with E-state index in [9.17, 15) is 4.79 Å². The monoisotopic (exact) mass is 293 g/mol. The second-order valence-corrected chi connectivity index (χ2v) is 5.39. The summed E-state index contributed by atoms with van der Waals surface area (Å²) >= 11 is 0. The van der Waals surface area contributed by atoms with Crippen molar-refractivity contribution in [2.75, 3.05) is 13.2 Å². The van der Waals surface area contributed by atoms with Crippen LogP contribution in [-0.4, -0.2) is 30.2 Å². The lowest BCUT2D eigenvalue weighted by molar-refractivity contribution is 0.160. The van der Waals surface area contributed by atoms with Crippen LogP contribution in [0.15, 0.2) is 66.7 Å². The minimum Gasteiger partial charge on any atom is -0.447 e. The summed E-state index contributed by atoms with van der Waals surface area (Å²) in [5.74, 6) is 0. The van der Waals surface area contributed by atoms with Crippen molar-refractivity contribution in [1.29, 1.82) is 0 Å². The van der Waals surface area contributed by atoms with Gasteiger partial charge < -0.3 is 4.74 Å². The van der Waals surface area contributed by atoms with Crippen molar-refractivity contribution in [3.05, 3.63) is 77.9 Å². The molecule has 1 amide bonds. The molecule has 0 aliphatic carbocycles. The predicted octanol–water partition coefficient (Wildman–Crippen LogP) is 3.76. The van der Waals surface area contributed by atoms with E-state index in [1.54, 1.807) is 4.90 Å². The van der Waals surface area contributed by atoms with E-state index in [1.165, 1.54) is 5.56 Å². The Morgan fingerprint density at radius 3 is 2.45 bits per heavy atom. The molecule has 1 fully saturated rings. The molecule has 3 nitrogen and oxygen atoms in total. The number of cyclic esters (lactones) is 1. The topological polar surface area (TPSA) is 29.5 Å². The highest BCUT2D eigenvalue weighted by Crippen LogP contribution is 2.17. The van der Waals surface area contributed by atoms with Gasteiger partial charge in [-0.15, -0.1) is 0 Å². The molecule has 112 valence electrons. The summed E-state index contributed by atoms with van der Waals surface area (Å²) in [7, 11) is 0. The first-order valence-electron chi connectivity index (χ1n) is 7.52. The lowest BCUT2D eigenvalue weighted by Gasteiger charge is -2.19. The molecule has 0 N–H and O–H groups in total. The van der Waals surface area contributed by atoms with Gasteiger partial charge in [0.1, 0.15) is 6.61 Å². The van der Waals surface area contributed by atoms with Crippen LogP contribution >= 0.6 is 0 Å². The summed E-state index contributed by atoms with van der Waals surface area (Å²) in [6, 6.07) is 20.4. The van der Waals surface area contributed by atoms with Gasteiger partial charge in [-0.25, -0.2) is 4.79 Å². The highest BCUT2D eigenvalue weighted by atomic mass is 16.6. The van der Waals surface area contributed by atoms with Gasteiger partial charge >= 0.3 is 6.09 Å². The maximum atomic E-state index is 11.9. The van der Waals surface area contributed by atoms with E-state index >= 15 is 0 Å². The first-order chi connectivity index (χ1) is 10.8. The molecular formula is C19H19NO2. The summed E-state index contributed by atoms with van der Waals surface area (Å²) in [5, 5.41) is 0. The normalized spacial score (nSPS) is 17.9. The molecule has 1 atom stereocenters. The zero-order valence-electron chi connectivity index (χ0n) is 12.4. The zero-order chi connectivity index (χ0) is 15.2. The van der Waals surface area contributed by atoms with Gasteiger partial charge in [-0.05, 0) is 17.5 Å². The SMILES string of the molecule is O=C1OC[C@@H](Cc2ccccc2)N1C/C=C/c1ccccc1. The number of carbonyl (C=O) groups is 1. The van der Waals surface area contributed by atoms with E-state index < -0.39 is 0 Å². The number of rotatable bonds is 5. The second kappa shape index (κ2) is 6.94. The fraction of sp³-hybridized carbons (Fsp3) is 0.211. The minimum atomic E-state index is -0.223. The highest BCUT2D eigenvalue weighted by molar-refractivity contribution is 5.70. The van der Waals surface area contributed by atoms with Crippen LogP contribution in [-0.2, 0) is 11.2 Å². The van der Waals surface area contributed by atoms with Crippen LogP contribution in [0.2, 0.25) is 0 Å². The molecule has 2 aromatic rings. The van der Waals surface area contributed by atoms with Crippen LogP contribution in [0.4, 0.5) is 4.79 Å². The van der Waals surface area contributed by atoms with Gasteiger partial charge in [-0.2, -0.15) is 0 Å². The Morgan fingerprint density at radius 1 is 1.05 bits per heavy atom. The van der Waals surface area contributed by atoms with Crippen LogP contribution < -0.4 is 0 Å². The van der Waals surface area contributed by atoms with Crippen LogP contribution in [0.1, 0.15) is 11.1 Å². The van der Waals surface area contributed by atoms with E-state index in [4.69, 9.17) is 4.74 Å². The molecule has 0 aromatic heterocycles. The average Bonchev–Trinajstić information content (AvgIpc) is 2.90. The lowest BCUT2D eigenvalue weighted by atomic mass is 10.1. The Balaban J connectivity index is 1.63. The third-order valence-electron chi connectivity index (χ3n) is 3.80. The van der Waals surface area contributed by atoms with Gasteiger partial charge in [0, 0.05) is 6.54 Å². The Morgan fingerprint density at radius 2 is 1.73 bits per heavy atom. The molecule has 0 saturated carbocycles. The standard InChI is InChI=1S/C19H19NO2/c21-19-20(13-7-12-16-8-3-1-4-9-16)18(15-22-19)14-17-10-5-2-6-11-17/h1-12,18H,13-15H2/b12-7+/t18-/m1/s1. The zero-order valence-corrected chi connectivity index (χ0v) is 12.4. The Kier molecular flexibility index (Phi) is 4.54. The van der Waals surface area contributed by atoms with Crippen molar-refractivity contribution in [2.24, 2.45) is 0 Å². The largest absolute Gasteiger partial charge is 0.447 e. The number of nitrogens with zero attached hydrogens (tertiary/aromatic N) is 1. The number of hydrogen-bond donors (Lipinski definition) is 0. The number of carbonyl (C=O) groups excluding carboxylic acids is 1. The number of ether oxygens (including phenoxy) is 1. The Hall–Kier alpha value is -2.55. The van der Waals surface area contributed by atoms with E-state index in [2.05, 4.69) is 12.1 Å². The van der Waals surface area contributed by atoms with Crippen LogP contribution in [0, 0.1) is 0 Å². The van der Waals surface area contributed by atoms with Crippen molar-refractivity contribution in [3.63, 3.8) is 0 Å². The van der Waals surface area contributed by atoms with Crippen molar-refractivity contribution >= 4 is 12.2 Å². The third kappa shape index (κ3) is 3.55. The molecule has 3 heteroatoms. The second-order valence-electron chi connectivity index (χ2n) is 5.39. The van der Waals surface area contributed by atoms with Gasteiger partial charge in [0.15, 0.2) is 0 Å². The van der Waals surface area contributed by atoms with Gasteiger partial charge in [-0.3, -0.25) is 4.90 Å². The minimum absolute atomic E-state index is 0.107. The van der Waals surface area contributed by atoms with Crippen molar-refractivity contribution < 1.29 is 9.53 Å². The Labute approximate surface area is 130 Å². The lowest BCUT2D eigenvalue weighted by Crippen LogP contribution is -2.35. The van der Waals surface area contributed by atoms with E-state index in [-0.39, 0.29) is 12.1 Å². The first-order valence-corrected chi connectivity index (χ1v) is 7.52. The fourth-order valence-electron chi connectivity index (χ4n) is 2.63. The van der Waals surface area contributed by atoms with E-state index in [0.29, 0.717) is 13.2 Å². The summed E-state index contributed by atoms with van der Waals surface area (Å²) in [6.45, 7) is 1.04. The molecule has 1 saturated heterocycles. The van der Waals surface area contributed by atoms with E-state index in [0.717, 1.165) is 12.0 Å². The van der Waals surface area contributed by atoms with Crippen molar-refractivity contribution in [3.8, 4) is 0 Å². The average molecular weight is 293 g/mol. The van der Waals surface area contributed by atoms with Crippen LogP contribution in [0.25, 0.3) is 6.08 Å². The molecule has 2 aromatic carbocycles. The highest BCUT2D eigenvalue weighted by Gasteiger charge is 2.31. The van der Waals surface area contributed by atoms with Crippen molar-refractivity contribution in [2.45, 2.75) is 12.5 Å². The molecule has 22 heavy (non-hydrogen) atoms. The molecule has 1 aliphatic rings. The van der Waals surface area contributed by atoms with Crippen molar-refractivity contribution in [1.82, 2.24) is 4.90 Å².